The van der Waals surface area contributed by atoms with E-state index < -0.39 is 30.3 Å². The van der Waals surface area contributed by atoms with Crippen LogP contribution in [0.1, 0.15) is 36.8 Å². The molecule has 0 aromatic heterocycles. The molecule has 1 fully saturated rings. The first-order valence-corrected chi connectivity index (χ1v) is 8.53. The third-order valence-corrected chi connectivity index (χ3v) is 4.83. The average molecular weight is 370 g/mol. The monoisotopic (exact) mass is 370 g/mol. The predicted octanol–water partition coefficient (Wildman–Crippen LogP) is 3.32. The molecule has 2 aliphatic rings. The molecule has 0 saturated heterocycles. The van der Waals surface area contributed by atoms with Gasteiger partial charge in [-0.2, -0.15) is 23.3 Å². The molecule has 2 atom stereocenters. The first-order valence-electron chi connectivity index (χ1n) is 8.53. The van der Waals surface area contributed by atoms with E-state index in [0.29, 0.717) is 25.0 Å². The van der Waals surface area contributed by atoms with Gasteiger partial charge in [0, 0.05) is 5.71 Å². The van der Waals surface area contributed by atoms with Gasteiger partial charge in [-0.25, -0.2) is 0 Å². The molecule has 0 spiro atoms. The number of rotatable bonds is 3. The van der Waals surface area contributed by atoms with Crippen LogP contribution in [0.2, 0.25) is 0 Å². The van der Waals surface area contributed by atoms with Gasteiger partial charge in [0.05, 0.1) is 5.92 Å². The topological polar surface area (TPSA) is 62.1 Å². The SMILES string of the molecule is Cc1cc(C)cc(OCC(=O)N2N=C3CCCC[C@H]3[C@@]2(O)C(F)(F)F)c1. The number of amides is 1. The maximum absolute atomic E-state index is 13.6. The van der Waals surface area contributed by atoms with Crippen LogP contribution in [0.3, 0.4) is 0 Å². The second-order valence-corrected chi connectivity index (χ2v) is 6.93. The molecule has 3 rings (SSSR count). The summed E-state index contributed by atoms with van der Waals surface area (Å²) in [6.07, 6.45) is -3.25. The maximum Gasteiger partial charge on any atom is 0.439 e. The molecule has 1 amide bonds. The quantitative estimate of drug-likeness (QED) is 0.888. The molecular weight excluding hydrogens is 349 g/mol. The molecule has 1 aliphatic heterocycles. The molecule has 8 heteroatoms. The molecule has 1 N–H and O–H groups in total. The number of hydrogen-bond donors (Lipinski definition) is 1. The van der Waals surface area contributed by atoms with Crippen LogP contribution in [-0.4, -0.2) is 40.2 Å². The number of carbonyl (C=O) groups is 1. The van der Waals surface area contributed by atoms with Crippen molar-refractivity contribution in [1.82, 2.24) is 5.01 Å². The Labute approximate surface area is 149 Å². The van der Waals surface area contributed by atoms with Crippen molar-refractivity contribution in [3.63, 3.8) is 0 Å². The molecule has 1 saturated carbocycles. The maximum atomic E-state index is 13.6. The molecule has 0 unspecified atom stereocenters. The highest BCUT2D eigenvalue weighted by Gasteiger charge is 2.68. The van der Waals surface area contributed by atoms with Crippen molar-refractivity contribution in [2.24, 2.45) is 11.0 Å². The summed E-state index contributed by atoms with van der Waals surface area (Å²) in [6, 6.07) is 5.28. The minimum atomic E-state index is -5.00. The van der Waals surface area contributed by atoms with Crippen molar-refractivity contribution in [3.05, 3.63) is 29.3 Å². The van der Waals surface area contributed by atoms with E-state index in [0.717, 1.165) is 11.1 Å². The van der Waals surface area contributed by atoms with Crippen molar-refractivity contribution in [3.8, 4) is 5.75 Å². The fourth-order valence-electron chi connectivity index (χ4n) is 3.69. The Balaban J connectivity index is 1.81. The zero-order chi connectivity index (χ0) is 19.1. The lowest BCUT2D eigenvalue weighted by atomic mass is 9.80. The van der Waals surface area contributed by atoms with Crippen LogP contribution >= 0.6 is 0 Å². The molecule has 1 aromatic rings. The lowest BCUT2D eigenvalue weighted by molar-refractivity contribution is -0.317. The zero-order valence-electron chi connectivity index (χ0n) is 14.6. The smallest absolute Gasteiger partial charge is 0.439 e. The molecule has 26 heavy (non-hydrogen) atoms. The van der Waals surface area contributed by atoms with Gasteiger partial charge in [-0.15, -0.1) is 0 Å². The molecule has 1 aromatic carbocycles. The summed E-state index contributed by atoms with van der Waals surface area (Å²) in [4.78, 5) is 12.4. The lowest BCUT2D eigenvalue weighted by Gasteiger charge is -2.38. The summed E-state index contributed by atoms with van der Waals surface area (Å²) in [6.45, 7) is 3.06. The highest BCUT2D eigenvalue weighted by Crippen LogP contribution is 2.48. The molecule has 5 nitrogen and oxygen atoms in total. The van der Waals surface area contributed by atoms with Crippen LogP contribution in [0.25, 0.3) is 0 Å². The fourth-order valence-corrected chi connectivity index (χ4v) is 3.69. The van der Waals surface area contributed by atoms with Gasteiger partial charge in [-0.05, 0) is 56.4 Å². The first-order chi connectivity index (χ1) is 12.1. The van der Waals surface area contributed by atoms with Crippen molar-refractivity contribution in [2.75, 3.05) is 6.61 Å². The van der Waals surface area contributed by atoms with E-state index in [1.54, 1.807) is 12.1 Å². The van der Waals surface area contributed by atoms with Crippen LogP contribution in [-0.2, 0) is 4.79 Å². The Morgan fingerprint density at radius 1 is 1.31 bits per heavy atom. The number of halogens is 3. The molecule has 1 aliphatic carbocycles. The number of hydrogen-bond acceptors (Lipinski definition) is 4. The minimum Gasteiger partial charge on any atom is -0.484 e. The van der Waals surface area contributed by atoms with Crippen molar-refractivity contribution in [1.29, 1.82) is 0 Å². The van der Waals surface area contributed by atoms with E-state index >= 15 is 0 Å². The van der Waals surface area contributed by atoms with E-state index in [-0.39, 0.29) is 17.1 Å². The Morgan fingerprint density at radius 2 is 1.96 bits per heavy atom. The number of aliphatic hydroxyl groups is 1. The summed E-state index contributed by atoms with van der Waals surface area (Å²) in [7, 11) is 0. The predicted molar refractivity (Wildman–Crippen MR) is 88.7 cm³/mol. The van der Waals surface area contributed by atoms with E-state index in [1.807, 2.05) is 19.9 Å². The molecule has 142 valence electrons. The largest absolute Gasteiger partial charge is 0.484 e. The number of nitrogens with zero attached hydrogens (tertiary/aromatic N) is 2. The van der Waals surface area contributed by atoms with Crippen molar-refractivity contribution in [2.45, 2.75) is 51.4 Å². The van der Waals surface area contributed by atoms with Crippen LogP contribution in [0.15, 0.2) is 23.3 Å². The number of fused-ring (bicyclic) bond motifs is 1. The van der Waals surface area contributed by atoms with E-state index in [4.69, 9.17) is 4.74 Å². The van der Waals surface area contributed by atoms with Crippen LogP contribution < -0.4 is 4.74 Å². The van der Waals surface area contributed by atoms with Crippen molar-refractivity contribution >= 4 is 11.6 Å². The zero-order valence-corrected chi connectivity index (χ0v) is 14.6. The normalized spacial score (nSPS) is 25.7. The Kier molecular flexibility index (Phi) is 4.72. The summed E-state index contributed by atoms with van der Waals surface area (Å²) in [5.74, 6) is -1.84. The Bertz CT molecular complexity index is 727. The lowest BCUT2D eigenvalue weighted by Crippen LogP contribution is -2.62. The van der Waals surface area contributed by atoms with Gasteiger partial charge in [0.1, 0.15) is 5.75 Å². The third kappa shape index (κ3) is 3.18. The number of benzene rings is 1. The third-order valence-electron chi connectivity index (χ3n) is 4.83. The summed E-state index contributed by atoms with van der Waals surface area (Å²) >= 11 is 0. The number of carbonyl (C=O) groups excluding carboxylic acids is 1. The standard InChI is InChI=1S/C18H21F3N2O3/c1-11-7-12(2)9-13(8-11)26-10-16(24)23-17(25,18(19,20)21)14-5-3-4-6-15(14)22-23/h7-9,14,25H,3-6,10H2,1-2H3/t14-,17-/m1/s1. The Morgan fingerprint density at radius 3 is 2.58 bits per heavy atom. The molecule has 1 heterocycles. The Hall–Kier alpha value is -2.09. The number of alkyl halides is 3. The average Bonchev–Trinajstić information content (AvgIpc) is 2.86. The summed E-state index contributed by atoms with van der Waals surface area (Å²) in [5.41, 5.74) is -1.25. The second-order valence-electron chi connectivity index (χ2n) is 6.93. The van der Waals surface area contributed by atoms with Gasteiger partial charge in [-0.3, -0.25) is 4.79 Å². The number of aryl methyl sites for hydroxylation is 2. The van der Waals surface area contributed by atoms with E-state index in [9.17, 15) is 23.1 Å². The van der Waals surface area contributed by atoms with Gasteiger partial charge in [0.2, 0.25) is 0 Å². The number of hydrazone groups is 1. The van der Waals surface area contributed by atoms with Gasteiger partial charge < -0.3 is 9.84 Å². The highest BCUT2D eigenvalue weighted by molar-refractivity contribution is 5.93. The van der Waals surface area contributed by atoms with Gasteiger partial charge >= 0.3 is 6.18 Å². The number of ether oxygens (including phenoxy) is 1. The van der Waals surface area contributed by atoms with Gasteiger partial charge in [0.25, 0.3) is 11.6 Å². The first kappa shape index (κ1) is 18.7. The summed E-state index contributed by atoms with van der Waals surface area (Å²) < 4.78 is 46.3. The molecular formula is C18H21F3N2O3. The molecule has 0 radical (unpaired) electrons. The second kappa shape index (κ2) is 6.57. The summed E-state index contributed by atoms with van der Waals surface area (Å²) in [5, 5.41) is 14.5. The van der Waals surface area contributed by atoms with Gasteiger partial charge in [0.15, 0.2) is 6.61 Å². The van der Waals surface area contributed by atoms with Crippen LogP contribution in [0.4, 0.5) is 13.2 Å². The fraction of sp³-hybridized carbons (Fsp3) is 0.556. The minimum absolute atomic E-state index is 0.149. The van der Waals surface area contributed by atoms with E-state index in [2.05, 4.69) is 5.10 Å². The van der Waals surface area contributed by atoms with Crippen molar-refractivity contribution < 1.29 is 27.8 Å². The molecule has 0 bridgehead atoms. The van der Waals surface area contributed by atoms with Crippen LogP contribution in [0, 0.1) is 19.8 Å². The van der Waals surface area contributed by atoms with Gasteiger partial charge in [-0.1, -0.05) is 12.5 Å². The highest BCUT2D eigenvalue weighted by atomic mass is 19.4. The van der Waals surface area contributed by atoms with Crippen LogP contribution in [0.5, 0.6) is 5.75 Å². The van der Waals surface area contributed by atoms with E-state index in [1.165, 1.54) is 0 Å².